The van der Waals surface area contributed by atoms with Crippen molar-refractivity contribution in [3.63, 3.8) is 0 Å². The van der Waals surface area contributed by atoms with Gasteiger partial charge in [-0.2, -0.15) is 0 Å². The van der Waals surface area contributed by atoms with E-state index in [2.05, 4.69) is 5.32 Å². The highest BCUT2D eigenvalue weighted by Gasteiger charge is 2.26. The van der Waals surface area contributed by atoms with Crippen molar-refractivity contribution >= 4 is 17.6 Å². The Kier molecular flexibility index (Phi) is 5.72. The number of ether oxygens (including phenoxy) is 1. The minimum Gasteiger partial charge on any atom is -0.462 e. The molecule has 118 valence electrons. The molecule has 5 heteroatoms. The maximum atomic E-state index is 12.4. The van der Waals surface area contributed by atoms with Crippen LogP contribution in [-0.4, -0.2) is 37.6 Å². The SMILES string of the molecule is CC=CC(=O)N(c1ccc(C(=O)OCC)cc1)C1CCNC1. The zero-order valence-electron chi connectivity index (χ0n) is 13.0. The Morgan fingerprint density at radius 3 is 2.64 bits per heavy atom. The molecular weight excluding hydrogens is 280 g/mol. The van der Waals surface area contributed by atoms with Crippen LogP contribution in [0.3, 0.4) is 0 Å². The Labute approximate surface area is 130 Å². The molecule has 22 heavy (non-hydrogen) atoms. The van der Waals surface area contributed by atoms with E-state index in [4.69, 9.17) is 4.74 Å². The van der Waals surface area contributed by atoms with Crippen molar-refractivity contribution in [3.05, 3.63) is 42.0 Å². The maximum Gasteiger partial charge on any atom is 0.338 e. The van der Waals surface area contributed by atoms with Crippen molar-refractivity contribution in [2.24, 2.45) is 0 Å². The van der Waals surface area contributed by atoms with Gasteiger partial charge < -0.3 is 15.0 Å². The van der Waals surface area contributed by atoms with Crippen molar-refractivity contribution in [2.45, 2.75) is 26.3 Å². The highest BCUT2D eigenvalue weighted by molar-refractivity contribution is 6.02. The van der Waals surface area contributed by atoms with Gasteiger partial charge in [-0.05, 0) is 57.2 Å². The summed E-state index contributed by atoms with van der Waals surface area (Å²) < 4.78 is 4.97. The van der Waals surface area contributed by atoms with Gasteiger partial charge in [0.1, 0.15) is 0 Å². The highest BCUT2D eigenvalue weighted by Crippen LogP contribution is 2.22. The first-order valence-corrected chi connectivity index (χ1v) is 7.61. The van der Waals surface area contributed by atoms with E-state index in [1.54, 1.807) is 48.2 Å². The summed E-state index contributed by atoms with van der Waals surface area (Å²) in [5.41, 5.74) is 1.29. The number of benzene rings is 1. The highest BCUT2D eigenvalue weighted by atomic mass is 16.5. The smallest absolute Gasteiger partial charge is 0.338 e. The first-order chi connectivity index (χ1) is 10.7. The third kappa shape index (κ3) is 3.74. The number of hydrogen-bond acceptors (Lipinski definition) is 4. The number of allylic oxidation sites excluding steroid dienone is 1. The van der Waals surface area contributed by atoms with Gasteiger partial charge in [-0.25, -0.2) is 4.79 Å². The fourth-order valence-electron chi connectivity index (χ4n) is 2.57. The molecule has 1 aliphatic heterocycles. The van der Waals surface area contributed by atoms with E-state index in [0.717, 1.165) is 25.2 Å². The van der Waals surface area contributed by atoms with E-state index in [1.807, 2.05) is 6.92 Å². The largest absolute Gasteiger partial charge is 0.462 e. The summed E-state index contributed by atoms with van der Waals surface area (Å²) in [6, 6.07) is 7.13. The van der Waals surface area contributed by atoms with Crippen LogP contribution >= 0.6 is 0 Å². The zero-order chi connectivity index (χ0) is 15.9. The summed E-state index contributed by atoms with van der Waals surface area (Å²) >= 11 is 0. The minimum absolute atomic E-state index is 0.0416. The Bertz CT molecular complexity index is 546. The second kappa shape index (κ2) is 7.75. The van der Waals surface area contributed by atoms with Crippen molar-refractivity contribution < 1.29 is 14.3 Å². The van der Waals surface area contributed by atoms with Gasteiger partial charge in [0.2, 0.25) is 0 Å². The lowest BCUT2D eigenvalue weighted by Gasteiger charge is -2.27. The van der Waals surface area contributed by atoms with Crippen LogP contribution in [0.5, 0.6) is 0 Å². The Hall–Kier alpha value is -2.14. The molecule has 1 aromatic carbocycles. The molecule has 1 saturated heterocycles. The molecule has 1 atom stereocenters. The molecule has 0 bridgehead atoms. The topological polar surface area (TPSA) is 58.6 Å². The van der Waals surface area contributed by atoms with Gasteiger partial charge in [-0.15, -0.1) is 0 Å². The third-order valence-electron chi connectivity index (χ3n) is 3.60. The number of hydrogen-bond donors (Lipinski definition) is 1. The van der Waals surface area contributed by atoms with Crippen molar-refractivity contribution in [1.82, 2.24) is 5.32 Å². The first kappa shape index (κ1) is 16.2. The number of amides is 1. The molecular formula is C17H22N2O3. The van der Waals surface area contributed by atoms with Crippen molar-refractivity contribution in [2.75, 3.05) is 24.6 Å². The number of carbonyl (C=O) groups is 2. The van der Waals surface area contributed by atoms with Crippen LogP contribution in [0.4, 0.5) is 5.69 Å². The van der Waals surface area contributed by atoms with Crippen molar-refractivity contribution in [1.29, 1.82) is 0 Å². The summed E-state index contributed by atoms with van der Waals surface area (Å²) in [5.74, 6) is -0.386. The second-order valence-electron chi connectivity index (χ2n) is 5.12. The van der Waals surface area contributed by atoms with E-state index in [1.165, 1.54) is 0 Å². The quantitative estimate of drug-likeness (QED) is 0.669. The van der Waals surface area contributed by atoms with Gasteiger partial charge in [0.15, 0.2) is 0 Å². The Balaban J connectivity index is 2.23. The summed E-state index contributed by atoms with van der Waals surface area (Å²) in [7, 11) is 0. The molecule has 1 fully saturated rings. The molecule has 1 N–H and O–H groups in total. The standard InChI is InChI=1S/C17H22N2O3/c1-3-5-16(20)19(15-10-11-18-12-15)14-8-6-13(7-9-14)17(21)22-4-2/h3,5-9,15,18H,4,10-12H2,1-2H3. The van der Waals surface area contributed by atoms with Gasteiger partial charge >= 0.3 is 5.97 Å². The molecule has 5 nitrogen and oxygen atoms in total. The van der Waals surface area contributed by atoms with Gasteiger partial charge in [-0.3, -0.25) is 4.79 Å². The molecule has 0 aromatic heterocycles. The number of anilines is 1. The number of rotatable bonds is 5. The van der Waals surface area contributed by atoms with Crippen LogP contribution in [0, 0.1) is 0 Å². The average molecular weight is 302 g/mol. The molecule has 0 radical (unpaired) electrons. The Morgan fingerprint density at radius 2 is 2.09 bits per heavy atom. The molecule has 1 aromatic rings. The normalized spacial score (nSPS) is 17.6. The summed E-state index contributed by atoms with van der Waals surface area (Å²) in [4.78, 5) is 25.9. The predicted octanol–water partition coefficient (Wildman–Crippen LogP) is 2.13. The minimum atomic E-state index is -0.345. The number of carbonyl (C=O) groups excluding carboxylic acids is 2. The zero-order valence-corrected chi connectivity index (χ0v) is 13.0. The van der Waals surface area contributed by atoms with E-state index >= 15 is 0 Å². The molecule has 1 amide bonds. The van der Waals surface area contributed by atoms with E-state index in [0.29, 0.717) is 12.2 Å². The predicted molar refractivity (Wildman–Crippen MR) is 86.0 cm³/mol. The van der Waals surface area contributed by atoms with Crippen LogP contribution in [-0.2, 0) is 9.53 Å². The number of nitrogens with zero attached hydrogens (tertiary/aromatic N) is 1. The van der Waals surface area contributed by atoms with Crippen LogP contribution in [0.25, 0.3) is 0 Å². The fraction of sp³-hybridized carbons (Fsp3) is 0.412. The van der Waals surface area contributed by atoms with Gasteiger partial charge in [0.25, 0.3) is 5.91 Å². The van der Waals surface area contributed by atoms with Crippen molar-refractivity contribution in [3.8, 4) is 0 Å². The molecule has 1 aliphatic rings. The molecule has 0 spiro atoms. The lowest BCUT2D eigenvalue weighted by Crippen LogP contribution is -2.41. The van der Waals surface area contributed by atoms with Gasteiger partial charge in [0, 0.05) is 12.2 Å². The van der Waals surface area contributed by atoms with E-state index in [9.17, 15) is 9.59 Å². The van der Waals surface area contributed by atoms with Gasteiger partial charge in [-0.1, -0.05) is 6.08 Å². The lowest BCUT2D eigenvalue weighted by molar-refractivity contribution is -0.114. The van der Waals surface area contributed by atoms with Crippen LogP contribution in [0.1, 0.15) is 30.6 Å². The molecule has 1 heterocycles. The number of nitrogens with one attached hydrogen (secondary N) is 1. The second-order valence-corrected chi connectivity index (χ2v) is 5.12. The molecule has 0 saturated carbocycles. The monoisotopic (exact) mass is 302 g/mol. The van der Waals surface area contributed by atoms with Crippen LogP contribution in [0.15, 0.2) is 36.4 Å². The molecule has 1 unspecified atom stereocenters. The molecule has 2 rings (SSSR count). The summed E-state index contributed by atoms with van der Waals surface area (Å²) in [6.07, 6.45) is 4.23. The maximum absolute atomic E-state index is 12.4. The average Bonchev–Trinajstić information content (AvgIpc) is 3.03. The third-order valence-corrected chi connectivity index (χ3v) is 3.60. The van der Waals surface area contributed by atoms with E-state index in [-0.39, 0.29) is 17.9 Å². The van der Waals surface area contributed by atoms with Crippen LogP contribution < -0.4 is 10.2 Å². The summed E-state index contributed by atoms with van der Waals surface area (Å²) in [5, 5.41) is 3.27. The van der Waals surface area contributed by atoms with Crippen LogP contribution in [0.2, 0.25) is 0 Å². The first-order valence-electron chi connectivity index (χ1n) is 7.61. The fourth-order valence-corrected chi connectivity index (χ4v) is 2.57. The number of esters is 1. The molecule has 0 aliphatic carbocycles. The summed E-state index contributed by atoms with van der Waals surface area (Å²) in [6.45, 7) is 5.64. The Morgan fingerprint density at radius 1 is 1.36 bits per heavy atom. The van der Waals surface area contributed by atoms with E-state index < -0.39 is 0 Å². The van der Waals surface area contributed by atoms with Gasteiger partial charge in [0.05, 0.1) is 18.2 Å². The lowest BCUT2D eigenvalue weighted by atomic mass is 10.1.